The summed E-state index contributed by atoms with van der Waals surface area (Å²) in [4.78, 5) is 23.8. The highest BCUT2D eigenvalue weighted by Crippen LogP contribution is 2.02. The van der Waals surface area contributed by atoms with Crippen LogP contribution in [0.15, 0.2) is 12.7 Å². The van der Waals surface area contributed by atoms with Gasteiger partial charge in [-0.25, -0.2) is 4.79 Å². The third-order valence-corrected chi connectivity index (χ3v) is 1.80. The van der Waals surface area contributed by atoms with Gasteiger partial charge >= 0.3 is 5.97 Å². The molecule has 0 N–H and O–H groups in total. The van der Waals surface area contributed by atoms with Gasteiger partial charge in [-0.3, -0.25) is 4.79 Å². The Morgan fingerprint density at radius 2 is 1.86 bits per heavy atom. The van der Waals surface area contributed by atoms with Crippen LogP contribution in [0, 0.1) is 0 Å². The van der Waals surface area contributed by atoms with Gasteiger partial charge in [0.25, 0.3) is 0 Å². The first-order chi connectivity index (χ1) is 6.40. The highest BCUT2D eigenvalue weighted by atomic mass is 16.5. The molecular weight excluding hydrogens is 182 g/mol. The minimum atomic E-state index is -0.581. The summed E-state index contributed by atoms with van der Waals surface area (Å²) < 4.78 is 4.96. The Morgan fingerprint density at radius 3 is 2.21 bits per heavy atom. The van der Waals surface area contributed by atoms with E-state index in [4.69, 9.17) is 4.74 Å². The van der Waals surface area contributed by atoms with Gasteiger partial charge in [0.15, 0.2) is 0 Å². The van der Waals surface area contributed by atoms with Crippen LogP contribution >= 0.6 is 0 Å². The van der Waals surface area contributed by atoms with E-state index in [0.717, 1.165) is 0 Å². The molecule has 0 spiro atoms. The van der Waals surface area contributed by atoms with Crippen molar-refractivity contribution in [2.45, 2.75) is 32.9 Å². The highest BCUT2D eigenvalue weighted by molar-refractivity contribution is 5.90. The van der Waals surface area contributed by atoms with Crippen molar-refractivity contribution in [1.82, 2.24) is 4.90 Å². The Labute approximate surface area is 84.5 Å². The van der Waals surface area contributed by atoms with Crippen LogP contribution < -0.4 is 0 Å². The van der Waals surface area contributed by atoms with Crippen molar-refractivity contribution < 1.29 is 14.3 Å². The van der Waals surface area contributed by atoms with Gasteiger partial charge in [0.05, 0.1) is 6.10 Å². The Bertz CT molecular complexity index is 236. The van der Waals surface area contributed by atoms with Gasteiger partial charge in [-0.1, -0.05) is 6.58 Å². The number of hydrogen-bond donors (Lipinski definition) is 0. The second-order valence-electron chi connectivity index (χ2n) is 3.31. The fourth-order valence-corrected chi connectivity index (χ4v) is 0.824. The van der Waals surface area contributed by atoms with Gasteiger partial charge in [0.2, 0.25) is 5.91 Å². The lowest BCUT2D eigenvalue weighted by Crippen LogP contribution is -2.41. The van der Waals surface area contributed by atoms with E-state index in [9.17, 15) is 9.59 Å². The second kappa shape index (κ2) is 5.42. The van der Waals surface area contributed by atoms with Crippen molar-refractivity contribution in [3.05, 3.63) is 12.7 Å². The molecule has 0 aliphatic carbocycles. The predicted octanol–water partition coefficient (Wildman–Crippen LogP) is 0.971. The van der Waals surface area contributed by atoms with E-state index in [-0.39, 0.29) is 12.0 Å². The average Bonchev–Trinajstić information content (AvgIpc) is 2.13. The van der Waals surface area contributed by atoms with Crippen LogP contribution in [0.2, 0.25) is 0 Å². The summed E-state index contributed by atoms with van der Waals surface area (Å²) in [5.74, 6) is -0.698. The topological polar surface area (TPSA) is 46.6 Å². The first-order valence-electron chi connectivity index (χ1n) is 4.49. The molecule has 0 aromatic carbocycles. The molecule has 0 aromatic heterocycles. The zero-order valence-electron chi connectivity index (χ0n) is 9.11. The minimum Gasteiger partial charge on any atom is -0.461 e. The van der Waals surface area contributed by atoms with Crippen LogP contribution in [0.3, 0.4) is 0 Å². The largest absolute Gasteiger partial charge is 0.461 e. The number of amides is 1. The molecule has 0 fully saturated rings. The molecular formula is C10H17NO3. The summed E-state index contributed by atoms with van der Waals surface area (Å²) in [6.45, 7) is 8.49. The first kappa shape index (κ1) is 12.7. The van der Waals surface area contributed by atoms with E-state index in [1.807, 2.05) is 0 Å². The van der Waals surface area contributed by atoms with Gasteiger partial charge in [-0.05, 0) is 26.8 Å². The molecule has 0 aliphatic rings. The molecule has 0 heterocycles. The summed E-state index contributed by atoms with van der Waals surface area (Å²) in [6, 6.07) is -0.581. The van der Waals surface area contributed by atoms with E-state index < -0.39 is 12.0 Å². The quantitative estimate of drug-likeness (QED) is 0.500. The van der Waals surface area contributed by atoms with Gasteiger partial charge in [-0.15, -0.1) is 0 Å². The van der Waals surface area contributed by atoms with Crippen LogP contribution in [0.1, 0.15) is 20.8 Å². The number of esters is 1. The summed E-state index contributed by atoms with van der Waals surface area (Å²) >= 11 is 0. The number of carbonyl (C=O) groups excluding carboxylic acids is 2. The smallest absolute Gasteiger partial charge is 0.328 e. The van der Waals surface area contributed by atoms with Gasteiger partial charge in [0.1, 0.15) is 6.04 Å². The number of hydrogen-bond acceptors (Lipinski definition) is 3. The summed E-state index contributed by atoms with van der Waals surface area (Å²) in [6.07, 6.45) is 0.997. The lowest BCUT2D eigenvalue weighted by Gasteiger charge is -2.22. The lowest BCUT2D eigenvalue weighted by molar-refractivity contribution is -0.155. The molecule has 0 aromatic rings. The molecule has 1 atom stereocenters. The Morgan fingerprint density at radius 1 is 1.36 bits per heavy atom. The summed E-state index contributed by atoms with van der Waals surface area (Å²) in [5, 5.41) is 0. The van der Waals surface area contributed by atoms with Crippen molar-refractivity contribution in [3.8, 4) is 0 Å². The molecule has 4 nitrogen and oxygen atoms in total. The van der Waals surface area contributed by atoms with Crippen molar-refractivity contribution in [2.24, 2.45) is 0 Å². The summed E-state index contributed by atoms with van der Waals surface area (Å²) in [5.41, 5.74) is 0. The maximum Gasteiger partial charge on any atom is 0.328 e. The number of ether oxygens (including phenoxy) is 1. The molecule has 0 aliphatic heterocycles. The van der Waals surface area contributed by atoms with Crippen molar-refractivity contribution >= 4 is 11.9 Å². The van der Waals surface area contributed by atoms with E-state index in [1.165, 1.54) is 18.0 Å². The van der Waals surface area contributed by atoms with Crippen LogP contribution in [0.25, 0.3) is 0 Å². The fourth-order valence-electron chi connectivity index (χ4n) is 0.824. The SMILES string of the molecule is C=CC(=O)N(C)C(C)C(=O)OC(C)C. The molecule has 4 heteroatoms. The second-order valence-corrected chi connectivity index (χ2v) is 3.31. The maximum atomic E-state index is 11.4. The third-order valence-electron chi connectivity index (χ3n) is 1.80. The Kier molecular flexibility index (Phi) is 4.91. The number of likely N-dealkylation sites (N-methyl/N-ethyl adjacent to an activating group) is 1. The van der Waals surface area contributed by atoms with Crippen LogP contribution in [0.4, 0.5) is 0 Å². The molecule has 1 amide bonds. The normalized spacial score (nSPS) is 12.1. The number of nitrogens with zero attached hydrogens (tertiary/aromatic N) is 1. The fraction of sp³-hybridized carbons (Fsp3) is 0.600. The molecule has 1 unspecified atom stereocenters. The minimum absolute atomic E-state index is 0.169. The van der Waals surface area contributed by atoms with Gasteiger partial charge in [-0.2, -0.15) is 0 Å². The van der Waals surface area contributed by atoms with Crippen LogP contribution in [0.5, 0.6) is 0 Å². The Balaban J connectivity index is 4.30. The molecule has 14 heavy (non-hydrogen) atoms. The number of carbonyl (C=O) groups is 2. The zero-order chi connectivity index (χ0) is 11.3. The third kappa shape index (κ3) is 3.60. The van der Waals surface area contributed by atoms with E-state index in [0.29, 0.717) is 0 Å². The maximum absolute atomic E-state index is 11.4. The van der Waals surface area contributed by atoms with E-state index in [2.05, 4.69) is 6.58 Å². The summed E-state index contributed by atoms with van der Waals surface area (Å²) in [7, 11) is 1.54. The molecule has 0 saturated heterocycles. The van der Waals surface area contributed by atoms with Gasteiger partial charge < -0.3 is 9.64 Å². The lowest BCUT2D eigenvalue weighted by atomic mass is 10.3. The average molecular weight is 199 g/mol. The molecule has 0 saturated carbocycles. The zero-order valence-corrected chi connectivity index (χ0v) is 9.11. The Hall–Kier alpha value is -1.32. The van der Waals surface area contributed by atoms with E-state index in [1.54, 1.807) is 20.8 Å². The first-order valence-corrected chi connectivity index (χ1v) is 4.49. The van der Waals surface area contributed by atoms with Crippen LogP contribution in [-0.2, 0) is 14.3 Å². The predicted molar refractivity (Wildman–Crippen MR) is 53.7 cm³/mol. The molecule has 0 radical (unpaired) electrons. The van der Waals surface area contributed by atoms with E-state index >= 15 is 0 Å². The monoisotopic (exact) mass is 199 g/mol. The van der Waals surface area contributed by atoms with Gasteiger partial charge in [0, 0.05) is 7.05 Å². The molecule has 80 valence electrons. The van der Waals surface area contributed by atoms with Crippen molar-refractivity contribution in [3.63, 3.8) is 0 Å². The van der Waals surface area contributed by atoms with Crippen LogP contribution in [-0.4, -0.2) is 36.0 Å². The standard InChI is InChI=1S/C10H17NO3/c1-6-9(12)11(5)8(4)10(13)14-7(2)3/h6-8H,1H2,2-5H3. The van der Waals surface area contributed by atoms with Crippen molar-refractivity contribution in [1.29, 1.82) is 0 Å². The molecule has 0 bridgehead atoms. The number of rotatable bonds is 4. The van der Waals surface area contributed by atoms with Crippen molar-refractivity contribution in [2.75, 3.05) is 7.05 Å². The highest BCUT2D eigenvalue weighted by Gasteiger charge is 2.22. The molecule has 0 rings (SSSR count).